The summed E-state index contributed by atoms with van der Waals surface area (Å²) in [5.41, 5.74) is 2.13. The number of nitrogens with zero attached hydrogens (tertiary/aromatic N) is 3. The molecule has 10 nitrogen and oxygen atoms in total. The second kappa shape index (κ2) is 8.68. The minimum absolute atomic E-state index is 0.223. The Kier molecular flexibility index (Phi) is 6.05. The van der Waals surface area contributed by atoms with Gasteiger partial charge in [-0.2, -0.15) is 9.78 Å². The number of urea groups is 1. The van der Waals surface area contributed by atoms with Gasteiger partial charge in [-0.1, -0.05) is 6.92 Å². The Morgan fingerprint density at radius 1 is 1.10 bits per heavy atom. The van der Waals surface area contributed by atoms with Crippen molar-refractivity contribution in [3.05, 3.63) is 51.6 Å². The van der Waals surface area contributed by atoms with Crippen LogP contribution in [-0.4, -0.2) is 40.0 Å². The molecule has 0 spiro atoms. The lowest BCUT2D eigenvalue weighted by molar-refractivity contribution is 0.262. The number of hydrogen-bond acceptors (Lipinski definition) is 6. The van der Waals surface area contributed by atoms with Crippen molar-refractivity contribution in [2.45, 2.75) is 27.2 Å². The molecule has 0 fully saturated rings. The highest BCUT2D eigenvalue weighted by atomic mass is 16.5. The summed E-state index contributed by atoms with van der Waals surface area (Å²) in [6.45, 7) is 5.43. The molecule has 0 radical (unpaired) electrons. The number of ether oxygens (including phenoxy) is 2. The Morgan fingerprint density at radius 2 is 1.77 bits per heavy atom. The summed E-state index contributed by atoms with van der Waals surface area (Å²) < 4.78 is 11.8. The Labute approximate surface area is 173 Å². The molecule has 0 atom stereocenters. The van der Waals surface area contributed by atoms with Crippen molar-refractivity contribution in [3.63, 3.8) is 0 Å². The molecule has 10 heteroatoms. The fourth-order valence-corrected chi connectivity index (χ4v) is 3.02. The van der Waals surface area contributed by atoms with E-state index < -0.39 is 6.03 Å². The van der Waals surface area contributed by atoms with Crippen LogP contribution in [0.4, 0.5) is 16.3 Å². The zero-order valence-electron chi connectivity index (χ0n) is 17.5. The fraction of sp³-hybridized carbons (Fsp3) is 0.300. The maximum Gasteiger partial charge on any atom is 0.324 e. The highest BCUT2D eigenvalue weighted by Crippen LogP contribution is 2.26. The van der Waals surface area contributed by atoms with Crippen LogP contribution < -0.4 is 25.7 Å². The Morgan fingerprint density at radius 3 is 2.33 bits per heavy atom. The van der Waals surface area contributed by atoms with Crippen molar-refractivity contribution in [2.75, 3.05) is 24.9 Å². The molecule has 0 saturated heterocycles. The normalized spacial score (nSPS) is 10.6. The van der Waals surface area contributed by atoms with Gasteiger partial charge in [-0.05, 0) is 20.3 Å². The molecule has 0 bridgehead atoms. The number of carbonyl (C=O) groups excluding carboxylic acids is 1. The van der Waals surface area contributed by atoms with Crippen molar-refractivity contribution in [3.8, 4) is 17.4 Å². The summed E-state index contributed by atoms with van der Waals surface area (Å²) in [5.74, 6) is 1.66. The van der Waals surface area contributed by atoms with E-state index in [1.807, 2.05) is 6.92 Å². The number of methoxy groups -OCH3 is 2. The molecule has 2 heterocycles. The summed E-state index contributed by atoms with van der Waals surface area (Å²) >= 11 is 0. The molecule has 158 valence electrons. The number of H-pyrrole nitrogens is 1. The first-order valence-electron chi connectivity index (χ1n) is 9.32. The molecule has 0 saturated carbocycles. The monoisotopic (exact) mass is 412 g/mol. The van der Waals surface area contributed by atoms with E-state index in [2.05, 4.69) is 25.7 Å². The fourth-order valence-electron chi connectivity index (χ4n) is 3.02. The maximum atomic E-state index is 12.6. The molecule has 3 rings (SSSR count). The van der Waals surface area contributed by atoms with Crippen LogP contribution in [0.5, 0.6) is 11.5 Å². The van der Waals surface area contributed by atoms with Crippen molar-refractivity contribution in [1.29, 1.82) is 0 Å². The van der Waals surface area contributed by atoms with Crippen molar-refractivity contribution >= 4 is 17.5 Å². The second-order valence-corrected chi connectivity index (χ2v) is 6.57. The van der Waals surface area contributed by atoms with Crippen LogP contribution in [0.25, 0.3) is 5.95 Å². The molecule has 2 amide bonds. The zero-order valence-corrected chi connectivity index (χ0v) is 17.5. The summed E-state index contributed by atoms with van der Waals surface area (Å²) in [5, 5.41) is 9.79. The number of benzene rings is 1. The molecule has 0 unspecified atom stereocenters. The van der Waals surface area contributed by atoms with E-state index in [0.717, 1.165) is 0 Å². The third kappa shape index (κ3) is 4.43. The number of nitrogens with one attached hydrogen (secondary N) is 3. The van der Waals surface area contributed by atoms with E-state index in [0.29, 0.717) is 46.4 Å². The second-order valence-electron chi connectivity index (χ2n) is 6.57. The summed E-state index contributed by atoms with van der Waals surface area (Å²) in [6.07, 6.45) is 0.574. The topological polar surface area (TPSA) is 123 Å². The van der Waals surface area contributed by atoms with Gasteiger partial charge in [-0.15, -0.1) is 0 Å². The molecule has 2 aromatic heterocycles. The first kappa shape index (κ1) is 20.9. The minimum Gasteiger partial charge on any atom is -0.497 e. The van der Waals surface area contributed by atoms with E-state index in [-0.39, 0.29) is 11.5 Å². The number of aryl methyl sites for hydroxylation is 2. The predicted octanol–water partition coefficient (Wildman–Crippen LogP) is 2.80. The third-order valence-corrected chi connectivity index (χ3v) is 4.45. The van der Waals surface area contributed by atoms with Gasteiger partial charge in [0.1, 0.15) is 17.3 Å². The van der Waals surface area contributed by atoms with Crippen LogP contribution in [0.1, 0.15) is 23.9 Å². The average Bonchev–Trinajstić information content (AvgIpc) is 3.07. The largest absolute Gasteiger partial charge is 0.497 e. The predicted molar refractivity (Wildman–Crippen MR) is 113 cm³/mol. The van der Waals surface area contributed by atoms with Crippen LogP contribution in [0.15, 0.2) is 29.1 Å². The molecule has 3 N–H and O–H groups in total. The number of carbonyl (C=O) groups is 1. The van der Waals surface area contributed by atoms with Gasteiger partial charge in [-0.3, -0.25) is 15.1 Å². The Balaban J connectivity index is 1.87. The highest BCUT2D eigenvalue weighted by Gasteiger charge is 2.15. The lowest BCUT2D eigenvalue weighted by Gasteiger charge is -2.12. The van der Waals surface area contributed by atoms with E-state index >= 15 is 0 Å². The first-order chi connectivity index (χ1) is 14.3. The van der Waals surface area contributed by atoms with Crippen molar-refractivity contribution in [2.24, 2.45) is 0 Å². The van der Waals surface area contributed by atoms with Gasteiger partial charge in [0.05, 0.1) is 19.9 Å². The van der Waals surface area contributed by atoms with Crippen LogP contribution in [0.3, 0.4) is 0 Å². The number of amides is 2. The zero-order chi connectivity index (χ0) is 21.8. The van der Waals surface area contributed by atoms with Gasteiger partial charge in [0.25, 0.3) is 5.56 Å². The molecule has 0 aliphatic heterocycles. The van der Waals surface area contributed by atoms with Gasteiger partial charge < -0.3 is 14.8 Å². The average molecular weight is 412 g/mol. The first-order valence-corrected chi connectivity index (χ1v) is 9.32. The SMILES string of the molecule is CCc1c(C)nc(-n2nc(C)cc2NC(=O)Nc2cc(OC)cc(OC)c2)[nH]c1=O. The number of hydrogen-bond donors (Lipinski definition) is 3. The van der Waals surface area contributed by atoms with Gasteiger partial charge in [-0.25, -0.2) is 9.78 Å². The number of aromatic nitrogens is 4. The highest BCUT2D eigenvalue weighted by molar-refractivity contribution is 5.99. The van der Waals surface area contributed by atoms with Crippen LogP contribution >= 0.6 is 0 Å². The summed E-state index contributed by atoms with van der Waals surface area (Å²) in [4.78, 5) is 32.0. The molecular weight excluding hydrogens is 388 g/mol. The van der Waals surface area contributed by atoms with Crippen LogP contribution in [0.2, 0.25) is 0 Å². The standard InChI is InChI=1S/C20H24N6O4/c1-6-16-12(3)21-19(24-18(16)27)26-17(7-11(2)25-26)23-20(28)22-13-8-14(29-4)10-15(9-13)30-5/h7-10H,6H2,1-5H3,(H,21,24,27)(H2,22,23,28). The van der Waals surface area contributed by atoms with Gasteiger partial charge in [0.15, 0.2) is 0 Å². The Bertz CT molecular complexity index is 1110. The minimum atomic E-state index is -0.504. The van der Waals surface area contributed by atoms with E-state index in [4.69, 9.17) is 9.47 Å². The van der Waals surface area contributed by atoms with Crippen LogP contribution in [0, 0.1) is 13.8 Å². The van der Waals surface area contributed by atoms with E-state index in [9.17, 15) is 9.59 Å². The van der Waals surface area contributed by atoms with Gasteiger partial charge in [0, 0.05) is 41.2 Å². The summed E-state index contributed by atoms with van der Waals surface area (Å²) in [6, 6.07) is 6.20. The van der Waals surface area contributed by atoms with Gasteiger partial charge in [0.2, 0.25) is 5.95 Å². The molecule has 3 aromatic rings. The molecule has 1 aromatic carbocycles. The molecular formula is C20H24N6O4. The number of rotatable bonds is 6. The van der Waals surface area contributed by atoms with E-state index in [1.54, 1.807) is 38.1 Å². The molecule has 0 aliphatic rings. The third-order valence-electron chi connectivity index (χ3n) is 4.45. The van der Waals surface area contributed by atoms with Crippen LogP contribution in [-0.2, 0) is 6.42 Å². The van der Waals surface area contributed by atoms with Gasteiger partial charge >= 0.3 is 6.03 Å². The smallest absolute Gasteiger partial charge is 0.324 e. The maximum absolute atomic E-state index is 12.6. The lowest BCUT2D eigenvalue weighted by atomic mass is 10.2. The van der Waals surface area contributed by atoms with Crippen molar-refractivity contribution in [1.82, 2.24) is 19.7 Å². The summed E-state index contributed by atoms with van der Waals surface area (Å²) in [7, 11) is 3.05. The number of anilines is 2. The van der Waals surface area contributed by atoms with E-state index in [1.165, 1.54) is 18.9 Å². The number of aromatic amines is 1. The lowest BCUT2D eigenvalue weighted by Crippen LogP contribution is -2.24. The van der Waals surface area contributed by atoms with Crippen molar-refractivity contribution < 1.29 is 14.3 Å². The Hall–Kier alpha value is -3.82. The molecule has 30 heavy (non-hydrogen) atoms. The molecule has 0 aliphatic carbocycles. The quantitative estimate of drug-likeness (QED) is 0.572.